The van der Waals surface area contributed by atoms with Gasteiger partial charge in [-0.2, -0.15) is 0 Å². The second-order valence-corrected chi connectivity index (χ2v) is 12.2. The molecule has 4 aromatic carbocycles. The number of anilines is 2. The van der Waals surface area contributed by atoms with Gasteiger partial charge in [-0.15, -0.1) is 10.2 Å². The number of hydrogen-bond donors (Lipinski definition) is 0. The molecule has 1 aliphatic rings. The van der Waals surface area contributed by atoms with Gasteiger partial charge in [0.05, 0.1) is 17.1 Å². The number of nitrogens with zero attached hydrogens (tertiary/aromatic N) is 4. The third-order valence-corrected chi connectivity index (χ3v) is 8.92. The summed E-state index contributed by atoms with van der Waals surface area (Å²) in [6, 6.07) is 31.8. The second kappa shape index (κ2) is 11.0. The third kappa shape index (κ3) is 5.16. The van der Waals surface area contributed by atoms with Crippen molar-refractivity contribution in [1.82, 2.24) is 15.2 Å². The summed E-state index contributed by atoms with van der Waals surface area (Å²) in [7, 11) is 0. The zero-order valence-electron chi connectivity index (χ0n) is 19.7. The molecule has 0 spiro atoms. The second-order valence-electron chi connectivity index (χ2n) is 8.36. The molecule has 186 valence electrons. The fourth-order valence-electron chi connectivity index (χ4n) is 4.15. The van der Waals surface area contributed by atoms with Crippen LogP contribution in [0.2, 0.25) is 0 Å². The summed E-state index contributed by atoms with van der Waals surface area (Å²) < 4.78 is 1.96. The number of carbonyl (C=O) groups is 1. The SMILES string of the molecule is O=C(CSc1nnc(-c2ccc(Br)cc2)c(-c2ccc(Br)cc2)n1)N1c2ccccc2Sc2ccccc21. The smallest absolute Gasteiger partial charge is 0.242 e. The molecule has 1 aromatic heterocycles. The summed E-state index contributed by atoms with van der Waals surface area (Å²) in [6.07, 6.45) is 0. The predicted molar refractivity (Wildman–Crippen MR) is 161 cm³/mol. The molecule has 0 N–H and O–H groups in total. The van der Waals surface area contributed by atoms with Gasteiger partial charge in [-0.25, -0.2) is 4.98 Å². The molecule has 38 heavy (non-hydrogen) atoms. The standard InChI is InChI=1S/C29H18Br2N4OS2/c30-20-13-9-18(10-14-20)27-28(19-11-15-21(31)16-12-19)33-34-29(32-27)37-17-26(36)35-22-5-1-3-7-24(22)38-25-8-4-2-6-23(25)35/h1-16H,17H2. The molecule has 6 rings (SSSR count). The fourth-order valence-corrected chi connectivity index (χ4v) is 6.37. The molecule has 0 bridgehead atoms. The summed E-state index contributed by atoms with van der Waals surface area (Å²) in [6.45, 7) is 0. The van der Waals surface area contributed by atoms with Crippen LogP contribution >= 0.6 is 55.4 Å². The van der Waals surface area contributed by atoms with Gasteiger partial charge < -0.3 is 0 Å². The summed E-state index contributed by atoms with van der Waals surface area (Å²) in [5.74, 6) is 0.132. The maximum absolute atomic E-state index is 13.6. The van der Waals surface area contributed by atoms with Gasteiger partial charge in [-0.05, 0) is 48.5 Å². The molecule has 0 aliphatic carbocycles. The van der Waals surface area contributed by atoms with E-state index in [1.165, 1.54) is 11.8 Å². The monoisotopic (exact) mass is 660 g/mol. The maximum Gasteiger partial charge on any atom is 0.242 e. The number of para-hydroxylation sites is 2. The number of aromatic nitrogens is 3. The van der Waals surface area contributed by atoms with Crippen LogP contribution in [0.1, 0.15) is 0 Å². The van der Waals surface area contributed by atoms with Gasteiger partial charge in [0.1, 0.15) is 11.4 Å². The topological polar surface area (TPSA) is 59.0 Å². The van der Waals surface area contributed by atoms with Gasteiger partial charge in [0.25, 0.3) is 0 Å². The molecule has 0 atom stereocenters. The van der Waals surface area contributed by atoms with Crippen LogP contribution in [0.3, 0.4) is 0 Å². The molecular formula is C29H18Br2N4OS2. The molecular weight excluding hydrogens is 644 g/mol. The molecule has 5 nitrogen and oxygen atoms in total. The van der Waals surface area contributed by atoms with E-state index < -0.39 is 0 Å². The van der Waals surface area contributed by atoms with Crippen LogP contribution in [0.4, 0.5) is 11.4 Å². The van der Waals surface area contributed by atoms with Gasteiger partial charge in [-0.3, -0.25) is 9.69 Å². The van der Waals surface area contributed by atoms with E-state index in [1.54, 1.807) is 16.7 Å². The lowest BCUT2D eigenvalue weighted by Gasteiger charge is -2.30. The Morgan fingerprint density at radius 3 is 1.82 bits per heavy atom. The zero-order chi connectivity index (χ0) is 26.1. The molecule has 5 aromatic rings. The fraction of sp³-hybridized carbons (Fsp3) is 0.0345. The maximum atomic E-state index is 13.6. The first kappa shape index (κ1) is 25.3. The molecule has 1 aliphatic heterocycles. The van der Waals surface area contributed by atoms with Crippen molar-refractivity contribution in [3.05, 3.63) is 106 Å². The number of thioether (sulfide) groups is 1. The molecule has 0 fully saturated rings. The Labute approximate surface area is 245 Å². The Balaban J connectivity index is 1.31. The number of amides is 1. The summed E-state index contributed by atoms with van der Waals surface area (Å²) >= 11 is 9.96. The molecule has 9 heteroatoms. The Morgan fingerprint density at radius 2 is 1.24 bits per heavy atom. The van der Waals surface area contributed by atoms with E-state index in [4.69, 9.17) is 4.98 Å². The van der Waals surface area contributed by atoms with Gasteiger partial charge in [0.2, 0.25) is 11.1 Å². The van der Waals surface area contributed by atoms with Crippen LogP contribution in [0, 0.1) is 0 Å². The normalized spacial score (nSPS) is 12.1. The highest BCUT2D eigenvalue weighted by molar-refractivity contribution is 9.10. The van der Waals surface area contributed by atoms with Crippen molar-refractivity contribution >= 4 is 72.7 Å². The van der Waals surface area contributed by atoms with E-state index >= 15 is 0 Å². The van der Waals surface area contributed by atoms with Crippen molar-refractivity contribution in [2.75, 3.05) is 10.7 Å². The first-order valence-electron chi connectivity index (χ1n) is 11.6. The van der Waals surface area contributed by atoms with Crippen LogP contribution in [0.25, 0.3) is 22.5 Å². The number of fused-ring (bicyclic) bond motifs is 2. The Bertz CT molecular complexity index is 1600. The minimum atomic E-state index is -0.0408. The van der Waals surface area contributed by atoms with Crippen LogP contribution in [0.5, 0.6) is 0 Å². The van der Waals surface area contributed by atoms with Crippen molar-refractivity contribution in [2.45, 2.75) is 14.9 Å². The lowest BCUT2D eigenvalue weighted by molar-refractivity contribution is -0.115. The summed E-state index contributed by atoms with van der Waals surface area (Å²) in [5.41, 5.74) is 5.02. The third-order valence-electron chi connectivity index (χ3n) is 5.91. The highest BCUT2D eigenvalue weighted by Gasteiger charge is 2.28. The molecule has 1 amide bonds. The number of halogens is 2. The Morgan fingerprint density at radius 1 is 0.711 bits per heavy atom. The first-order valence-corrected chi connectivity index (χ1v) is 15.0. The van der Waals surface area contributed by atoms with E-state index in [0.717, 1.165) is 46.9 Å². The van der Waals surface area contributed by atoms with Gasteiger partial charge in [-0.1, -0.05) is 104 Å². The number of carbonyl (C=O) groups excluding carboxylic acids is 1. The van der Waals surface area contributed by atoms with Crippen molar-refractivity contribution in [2.24, 2.45) is 0 Å². The highest BCUT2D eigenvalue weighted by atomic mass is 79.9. The average molecular weight is 662 g/mol. The van der Waals surface area contributed by atoms with E-state index in [2.05, 4.69) is 42.1 Å². The van der Waals surface area contributed by atoms with Crippen molar-refractivity contribution in [3.8, 4) is 22.5 Å². The van der Waals surface area contributed by atoms with Crippen LogP contribution in [0.15, 0.2) is 121 Å². The molecule has 0 saturated carbocycles. The Kier molecular flexibility index (Phi) is 7.34. The van der Waals surface area contributed by atoms with Gasteiger partial charge in [0.15, 0.2) is 0 Å². The zero-order valence-corrected chi connectivity index (χ0v) is 24.5. The minimum absolute atomic E-state index is 0.0408. The molecule has 0 radical (unpaired) electrons. The van der Waals surface area contributed by atoms with Crippen molar-refractivity contribution in [1.29, 1.82) is 0 Å². The predicted octanol–water partition coefficient (Wildman–Crippen LogP) is 8.65. The molecule has 0 unspecified atom stereocenters. The number of benzene rings is 4. The highest BCUT2D eigenvalue weighted by Crippen LogP contribution is 2.48. The van der Waals surface area contributed by atoms with Crippen LogP contribution in [-0.4, -0.2) is 26.8 Å². The number of hydrogen-bond acceptors (Lipinski definition) is 6. The minimum Gasteiger partial charge on any atom is -0.278 e. The van der Waals surface area contributed by atoms with Crippen LogP contribution < -0.4 is 4.90 Å². The average Bonchev–Trinajstić information content (AvgIpc) is 2.95. The van der Waals surface area contributed by atoms with Gasteiger partial charge in [0, 0.05) is 29.9 Å². The van der Waals surface area contributed by atoms with Crippen molar-refractivity contribution in [3.63, 3.8) is 0 Å². The Hall–Kier alpha value is -2.98. The van der Waals surface area contributed by atoms with E-state index in [9.17, 15) is 4.79 Å². The van der Waals surface area contributed by atoms with E-state index in [0.29, 0.717) is 10.9 Å². The molecule has 2 heterocycles. The van der Waals surface area contributed by atoms with E-state index in [-0.39, 0.29) is 11.7 Å². The molecule has 0 saturated heterocycles. The summed E-state index contributed by atoms with van der Waals surface area (Å²) in [5, 5.41) is 9.39. The van der Waals surface area contributed by atoms with E-state index in [1.807, 2.05) is 97.1 Å². The van der Waals surface area contributed by atoms with Gasteiger partial charge >= 0.3 is 0 Å². The quantitative estimate of drug-likeness (QED) is 0.176. The number of rotatable bonds is 5. The first-order chi connectivity index (χ1) is 18.6. The lowest BCUT2D eigenvalue weighted by atomic mass is 10.0. The largest absolute Gasteiger partial charge is 0.278 e. The van der Waals surface area contributed by atoms with Crippen LogP contribution in [-0.2, 0) is 4.79 Å². The summed E-state index contributed by atoms with van der Waals surface area (Å²) in [4.78, 5) is 22.4. The van der Waals surface area contributed by atoms with Crippen molar-refractivity contribution < 1.29 is 4.79 Å². The lowest BCUT2D eigenvalue weighted by Crippen LogP contribution is -2.30.